The second kappa shape index (κ2) is 9.17. The number of anilines is 2. The highest BCUT2D eigenvalue weighted by Gasteiger charge is 2.38. The third-order valence-corrected chi connectivity index (χ3v) is 5.15. The van der Waals surface area contributed by atoms with Crippen molar-refractivity contribution < 1.29 is 27.8 Å². The Bertz CT molecular complexity index is 905. The molecule has 1 aliphatic rings. The van der Waals surface area contributed by atoms with E-state index in [1.807, 2.05) is 0 Å². The third-order valence-electron chi connectivity index (χ3n) is 4.65. The van der Waals surface area contributed by atoms with Gasteiger partial charge < -0.3 is 20.5 Å². The minimum absolute atomic E-state index is 0.101. The lowest BCUT2D eigenvalue weighted by molar-refractivity contribution is -0.142. The first-order chi connectivity index (χ1) is 14.1. The van der Waals surface area contributed by atoms with Crippen molar-refractivity contribution in [3.8, 4) is 5.75 Å². The van der Waals surface area contributed by atoms with Crippen LogP contribution in [0.1, 0.15) is 37.8 Å². The number of halogens is 4. The fourth-order valence-corrected chi connectivity index (χ4v) is 3.56. The normalized spacial score (nSPS) is 16.0. The zero-order valence-electron chi connectivity index (χ0n) is 15.8. The SMILES string of the molecule is O=C(NCC1(O)CCCCC1)Oc1cnc(Nc2cccc(Br)c2)nc1C(F)(F)F. The Labute approximate surface area is 179 Å². The lowest BCUT2D eigenvalue weighted by atomic mass is 9.85. The number of aliphatic hydroxyl groups is 1. The van der Waals surface area contributed by atoms with E-state index in [1.54, 1.807) is 24.3 Å². The number of ether oxygens (including phenoxy) is 1. The number of carbonyl (C=O) groups excluding carboxylic acids is 1. The number of benzene rings is 1. The van der Waals surface area contributed by atoms with Gasteiger partial charge >= 0.3 is 12.3 Å². The van der Waals surface area contributed by atoms with Crippen LogP contribution in [0.15, 0.2) is 34.9 Å². The van der Waals surface area contributed by atoms with E-state index in [4.69, 9.17) is 4.74 Å². The zero-order chi connectivity index (χ0) is 21.8. The van der Waals surface area contributed by atoms with E-state index in [9.17, 15) is 23.1 Å². The highest BCUT2D eigenvalue weighted by molar-refractivity contribution is 9.10. The van der Waals surface area contributed by atoms with Gasteiger partial charge in [0.25, 0.3) is 0 Å². The molecule has 1 aliphatic carbocycles. The number of alkyl halides is 3. The summed E-state index contributed by atoms with van der Waals surface area (Å²) in [4.78, 5) is 19.3. The number of rotatable bonds is 5. The van der Waals surface area contributed by atoms with E-state index < -0.39 is 29.3 Å². The number of nitrogens with one attached hydrogen (secondary N) is 2. The summed E-state index contributed by atoms with van der Waals surface area (Å²) in [5, 5.41) is 15.4. The molecule has 1 aromatic heterocycles. The zero-order valence-corrected chi connectivity index (χ0v) is 17.4. The summed E-state index contributed by atoms with van der Waals surface area (Å²) in [5.41, 5.74) is -1.98. The van der Waals surface area contributed by atoms with Crippen molar-refractivity contribution in [1.29, 1.82) is 0 Å². The van der Waals surface area contributed by atoms with Gasteiger partial charge in [-0.05, 0) is 31.0 Å². The maximum Gasteiger partial charge on any atom is 0.437 e. The van der Waals surface area contributed by atoms with Crippen LogP contribution in [0.2, 0.25) is 0 Å². The summed E-state index contributed by atoms with van der Waals surface area (Å²) in [6.07, 6.45) is -1.52. The minimum atomic E-state index is -4.87. The van der Waals surface area contributed by atoms with Crippen molar-refractivity contribution in [2.75, 3.05) is 11.9 Å². The van der Waals surface area contributed by atoms with Gasteiger partial charge in [-0.3, -0.25) is 0 Å². The van der Waals surface area contributed by atoms with Gasteiger partial charge in [0.1, 0.15) is 0 Å². The van der Waals surface area contributed by atoms with Crippen molar-refractivity contribution >= 4 is 33.7 Å². The molecule has 1 heterocycles. The molecule has 0 unspecified atom stereocenters. The second-order valence-electron chi connectivity index (χ2n) is 7.07. The topological polar surface area (TPSA) is 96.4 Å². The summed E-state index contributed by atoms with van der Waals surface area (Å²) in [5.74, 6) is -1.12. The molecule has 0 saturated heterocycles. The van der Waals surface area contributed by atoms with Gasteiger partial charge in [0.05, 0.1) is 11.8 Å². The first-order valence-corrected chi connectivity index (χ1v) is 10.1. The fraction of sp³-hybridized carbons (Fsp3) is 0.421. The molecule has 0 spiro atoms. The molecule has 0 radical (unpaired) electrons. The predicted octanol–water partition coefficient (Wildman–Crippen LogP) is 4.79. The number of carbonyl (C=O) groups is 1. The van der Waals surface area contributed by atoms with Crippen LogP contribution in [0.5, 0.6) is 5.75 Å². The molecule has 162 valence electrons. The van der Waals surface area contributed by atoms with Crippen LogP contribution in [0, 0.1) is 0 Å². The number of hydrogen-bond acceptors (Lipinski definition) is 6. The van der Waals surface area contributed by atoms with Gasteiger partial charge in [0, 0.05) is 16.7 Å². The molecule has 1 saturated carbocycles. The largest absolute Gasteiger partial charge is 0.437 e. The molecular formula is C19H20BrF3N4O3. The molecule has 30 heavy (non-hydrogen) atoms. The molecule has 0 atom stereocenters. The first-order valence-electron chi connectivity index (χ1n) is 9.30. The number of aromatic nitrogens is 2. The van der Waals surface area contributed by atoms with E-state index in [2.05, 4.69) is 36.5 Å². The lowest BCUT2D eigenvalue weighted by Crippen LogP contribution is -2.45. The maximum atomic E-state index is 13.4. The van der Waals surface area contributed by atoms with Crippen LogP contribution >= 0.6 is 15.9 Å². The smallest absolute Gasteiger partial charge is 0.406 e. The van der Waals surface area contributed by atoms with Crippen molar-refractivity contribution in [2.45, 2.75) is 43.9 Å². The Kier molecular flexibility index (Phi) is 6.81. The third kappa shape index (κ3) is 6.05. The molecule has 1 fully saturated rings. The van der Waals surface area contributed by atoms with E-state index in [-0.39, 0.29) is 12.5 Å². The number of nitrogens with zero attached hydrogens (tertiary/aromatic N) is 2. The Balaban J connectivity index is 1.71. The molecule has 3 N–H and O–H groups in total. The first kappa shape index (κ1) is 22.3. The van der Waals surface area contributed by atoms with Crippen molar-refractivity contribution in [1.82, 2.24) is 15.3 Å². The van der Waals surface area contributed by atoms with Crippen LogP contribution in [0.4, 0.5) is 29.6 Å². The molecule has 1 amide bonds. The van der Waals surface area contributed by atoms with Crippen LogP contribution in [-0.2, 0) is 6.18 Å². The molecule has 2 aromatic rings. The van der Waals surface area contributed by atoms with Crippen LogP contribution in [0.25, 0.3) is 0 Å². The maximum absolute atomic E-state index is 13.4. The molecular weight excluding hydrogens is 469 g/mol. The summed E-state index contributed by atoms with van der Waals surface area (Å²) in [7, 11) is 0. The lowest BCUT2D eigenvalue weighted by Gasteiger charge is -2.31. The molecule has 3 rings (SSSR count). The van der Waals surface area contributed by atoms with E-state index in [1.165, 1.54) is 0 Å². The number of amides is 1. The summed E-state index contributed by atoms with van der Waals surface area (Å²) >= 11 is 3.26. The molecule has 7 nitrogen and oxygen atoms in total. The Morgan fingerprint density at radius 1 is 1.27 bits per heavy atom. The van der Waals surface area contributed by atoms with Gasteiger partial charge in [-0.2, -0.15) is 13.2 Å². The Morgan fingerprint density at radius 2 is 2.00 bits per heavy atom. The summed E-state index contributed by atoms with van der Waals surface area (Å²) in [6, 6.07) is 6.73. The van der Waals surface area contributed by atoms with E-state index in [0.29, 0.717) is 18.5 Å². The highest BCUT2D eigenvalue weighted by Crippen LogP contribution is 2.35. The molecule has 0 bridgehead atoms. The standard InChI is InChI=1S/C19H20BrF3N4O3/c20-12-5-4-6-13(9-12)26-16-24-10-14(15(27-16)19(21,22)23)30-17(28)25-11-18(29)7-2-1-3-8-18/h4-6,9-10,29H,1-3,7-8,11H2,(H,25,28)(H,24,26,27). The van der Waals surface area contributed by atoms with Crippen LogP contribution in [0.3, 0.4) is 0 Å². The van der Waals surface area contributed by atoms with Gasteiger partial charge in [-0.25, -0.2) is 14.8 Å². The molecule has 11 heteroatoms. The van der Waals surface area contributed by atoms with Crippen LogP contribution in [-0.4, -0.2) is 33.3 Å². The van der Waals surface area contributed by atoms with E-state index >= 15 is 0 Å². The van der Waals surface area contributed by atoms with Gasteiger partial charge in [0.2, 0.25) is 5.95 Å². The van der Waals surface area contributed by atoms with E-state index in [0.717, 1.165) is 29.9 Å². The van der Waals surface area contributed by atoms with Gasteiger partial charge in [-0.15, -0.1) is 0 Å². The quantitative estimate of drug-likeness (QED) is 0.560. The van der Waals surface area contributed by atoms with Gasteiger partial charge in [-0.1, -0.05) is 41.3 Å². The van der Waals surface area contributed by atoms with Crippen molar-refractivity contribution in [3.63, 3.8) is 0 Å². The Morgan fingerprint density at radius 3 is 2.67 bits per heavy atom. The Hall–Kier alpha value is -2.40. The second-order valence-corrected chi connectivity index (χ2v) is 7.98. The van der Waals surface area contributed by atoms with Crippen molar-refractivity contribution in [2.24, 2.45) is 0 Å². The van der Waals surface area contributed by atoms with Gasteiger partial charge in [0.15, 0.2) is 11.4 Å². The highest BCUT2D eigenvalue weighted by atomic mass is 79.9. The number of hydrogen-bond donors (Lipinski definition) is 3. The average molecular weight is 489 g/mol. The summed E-state index contributed by atoms with van der Waals surface area (Å²) in [6.45, 7) is -0.101. The fourth-order valence-electron chi connectivity index (χ4n) is 3.16. The summed E-state index contributed by atoms with van der Waals surface area (Å²) < 4.78 is 45.8. The monoisotopic (exact) mass is 488 g/mol. The minimum Gasteiger partial charge on any atom is -0.406 e. The molecule has 1 aromatic carbocycles. The molecule has 0 aliphatic heterocycles. The average Bonchev–Trinajstić information content (AvgIpc) is 2.67. The van der Waals surface area contributed by atoms with Crippen LogP contribution < -0.4 is 15.4 Å². The predicted molar refractivity (Wildman–Crippen MR) is 107 cm³/mol. The van der Waals surface area contributed by atoms with Crippen molar-refractivity contribution in [3.05, 3.63) is 40.6 Å².